The molecule has 1 aromatic heterocycles. The summed E-state index contributed by atoms with van der Waals surface area (Å²) < 4.78 is 11.0. The van der Waals surface area contributed by atoms with Crippen molar-refractivity contribution in [3.63, 3.8) is 0 Å². The standard InChI is InChI=1S/C20H25N3O3/c1-14-4-7-19(23-12-14)21-8-3-9-22-20(24)16-10-15-11-17(25-2)5-6-18(15)26-13-16/h4-7,11-12,16H,3,8-10,13H2,1-2H3,(H,21,23)(H,22,24). The van der Waals surface area contributed by atoms with E-state index < -0.39 is 0 Å². The number of amides is 1. The van der Waals surface area contributed by atoms with E-state index in [4.69, 9.17) is 9.47 Å². The summed E-state index contributed by atoms with van der Waals surface area (Å²) in [5.74, 6) is 2.34. The summed E-state index contributed by atoms with van der Waals surface area (Å²) in [4.78, 5) is 16.7. The summed E-state index contributed by atoms with van der Waals surface area (Å²) in [6.07, 6.45) is 3.34. The summed E-state index contributed by atoms with van der Waals surface area (Å²) in [7, 11) is 1.63. The van der Waals surface area contributed by atoms with Gasteiger partial charge in [0, 0.05) is 19.3 Å². The number of hydrogen-bond acceptors (Lipinski definition) is 5. The lowest BCUT2D eigenvalue weighted by atomic mass is 9.96. The number of nitrogens with zero attached hydrogens (tertiary/aromatic N) is 1. The van der Waals surface area contributed by atoms with E-state index in [2.05, 4.69) is 15.6 Å². The third-order valence-corrected chi connectivity index (χ3v) is 4.42. The number of ether oxygens (including phenoxy) is 2. The maximum Gasteiger partial charge on any atom is 0.226 e. The molecule has 0 saturated carbocycles. The molecular formula is C20H25N3O3. The molecule has 1 aliphatic heterocycles. The SMILES string of the molecule is COc1ccc2c(c1)CC(C(=O)NCCCNc1ccc(C)cn1)CO2. The maximum atomic E-state index is 12.4. The van der Waals surface area contributed by atoms with Gasteiger partial charge in [0.25, 0.3) is 0 Å². The highest BCUT2D eigenvalue weighted by Gasteiger charge is 2.26. The van der Waals surface area contributed by atoms with Crippen molar-refractivity contribution in [3.8, 4) is 11.5 Å². The molecule has 2 aromatic rings. The smallest absolute Gasteiger partial charge is 0.226 e. The number of aryl methyl sites for hydroxylation is 1. The predicted octanol–water partition coefficient (Wildman–Crippen LogP) is 2.57. The molecule has 1 aromatic carbocycles. The molecule has 0 fully saturated rings. The van der Waals surface area contributed by atoms with Gasteiger partial charge in [0.05, 0.1) is 13.0 Å². The number of methoxy groups -OCH3 is 1. The second-order valence-corrected chi connectivity index (χ2v) is 6.48. The van der Waals surface area contributed by atoms with Crippen LogP contribution >= 0.6 is 0 Å². The Bertz CT molecular complexity index is 746. The van der Waals surface area contributed by atoms with Gasteiger partial charge in [-0.15, -0.1) is 0 Å². The summed E-state index contributed by atoms with van der Waals surface area (Å²) in [6.45, 7) is 3.81. The van der Waals surface area contributed by atoms with E-state index in [9.17, 15) is 4.79 Å². The zero-order valence-electron chi connectivity index (χ0n) is 15.2. The van der Waals surface area contributed by atoms with Gasteiger partial charge >= 0.3 is 0 Å². The minimum absolute atomic E-state index is 0.0342. The summed E-state index contributed by atoms with van der Waals surface area (Å²) in [5.41, 5.74) is 2.15. The normalized spacial score (nSPS) is 15.5. The van der Waals surface area contributed by atoms with Gasteiger partial charge in [-0.1, -0.05) is 6.07 Å². The number of pyridine rings is 1. The van der Waals surface area contributed by atoms with Crippen LogP contribution in [-0.2, 0) is 11.2 Å². The first-order valence-corrected chi connectivity index (χ1v) is 8.89. The first-order chi connectivity index (χ1) is 12.7. The van der Waals surface area contributed by atoms with Gasteiger partial charge in [0.15, 0.2) is 0 Å². The Kier molecular flexibility index (Phi) is 5.94. The largest absolute Gasteiger partial charge is 0.497 e. The quantitative estimate of drug-likeness (QED) is 0.747. The van der Waals surface area contributed by atoms with Crippen molar-refractivity contribution in [1.82, 2.24) is 10.3 Å². The van der Waals surface area contributed by atoms with Gasteiger partial charge < -0.3 is 20.1 Å². The van der Waals surface area contributed by atoms with Crippen LogP contribution in [-0.4, -0.2) is 37.7 Å². The van der Waals surface area contributed by atoms with Crippen LogP contribution in [0.1, 0.15) is 17.5 Å². The lowest BCUT2D eigenvalue weighted by Gasteiger charge is -2.25. The van der Waals surface area contributed by atoms with Crippen molar-refractivity contribution in [3.05, 3.63) is 47.7 Å². The molecule has 6 heteroatoms. The van der Waals surface area contributed by atoms with Gasteiger partial charge in [-0.3, -0.25) is 4.79 Å². The first-order valence-electron chi connectivity index (χ1n) is 8.89. The minimum atomic E-state index is -0.165. The Morgan fingerprint density at radius 2 is 2.19 bits per heavy atom. The zero-order valence-corrected chi connectivity index (χ0v) is 15.2. The van der Waals surface area contributed by atoms with Crippen LogP contribution in [0.3, 0.4) is 0 Å². The highest BCUT2D eigenvalue weighted by atomic mass is 16.5. The summed E-state index contributed by atoms with van der Waals surface area (Å²) in [5, 5.41) is 6.25. The Hall–Kier alpha value is -2.76. The van der Waals surface area contributed by atoms with Gasteiger partial charge in [-0.25, -0.2) is 4.98 Å². The van der Waals surface area contributed by atoms with E-state index in [0.29, 0.717) is 19.6 Å². The molecule has 6 nitrogen and oxygen atoms in total. The minimum Gasteiger partial charge on any atom is -0.497 e. The number of nitrogens with one attached hydrogen (secondary N) is 2. The molecule has 3 rings (SSSR count). The number of fused-ring (bicyclic) bond motifs is 1. The van der Waals surface area contributed by atoms with Crippen LogP contribution in [0.15, 0.2) is 36.5 Å². The summed E-state index contributed by atoms with van der Waals surface area (Å²) in [6, 6.07) is 9.68. The third-order valence-electron chi connectivity index (χ3n) is 4.42. The third kappa shape index (κ3) is 4.65. The Morgan fingerprint density at radius 3 is 2.96 bits per heavy atom. The predicted molar refractivity (Wildman–Crippen MR) is 101 cm³/mol. The van der Waals surface area contributed by atoms with E-state index in [1.54, 1.807) is 7.11 Å². The van der Waals surface area contributed by atoms with Crippen molar-refractivity contribution >= 4 is 11.7 Å². The van der Waals surface area contributed by atoms with Crippen molar-refractivity contribution in [2.45, 2.75) is 19.8 Å². The van der Waals surface area contributed by atoms with Gasteiger partial charge in [0.1, 0.15) is 23.9 Å². The molecular weight excluding hydrogens is 330 g/mol. The average Bonchev–Trinajstić information content (AvgIpc) is 2.68. The molecule has 0 radical (unpaired) electrons. The topological polar surface area (TPSA) is 72.5 Å². The van der Waals surface area contributed by atoms with Crippen molar-refractivity contribution in [1.29, 1.82) is 0 Å². The Balaban J connectivity index is 1.40. The number of aromatic nitrogens is 1. The van der Waals surface area contributed by atoms with Crippen molar-refractivity contribution < 1.29 is 14.3 Å². The molecule has 0 aliphatic carbocycles. The van der Waals surface area contributed by atoms with E-state index in [1.165, 1.54) is 0 Å². The van der Waals surface area contributed by atoms with Crippen LogP contribution in [0, 0.1) is 12.8 Å². The van der Waals surface area contributed by atoms with E-state index in [1.807, 2.05) is 43.5 Å². The molecule has 2 N–H and O–H groups in total. The number of benzene rings is 1. The molecule has 26 heavy (non-hydrogen) atoms. The van der Waals surface area contributed by atoms with Crippen molar-refractivity contribution in [2.24, 2.45) is 5.92 Å². The molecule has 0 bridgehead atoms. The molecule has 138 valence electrons. The highest BCUT2D eigenvalue weighted by Crippen LogP contribution is 2.30. The van der Waals surface area contributed by atoms with E-state index in [-0.39, 0.29) is 11.8 Å². The highest BCUT2D eigenvalue weighted by molar-refractivity contribution is 5.79. The average molecular weight is 355 g/mol. The monoisotopic (exact) mass is 355 g/mol. The zero-order chi connectivity index (χ0) is 18.4. The number of carbonyl (C=O) groups is 1. The molecule has 0 spiro atoms. The number of hydrogen-bond donors (Lipinski definition) is 2. The van der Waals surface area contributed by atoms with Crippen LogP contribution in [0.5, 0.6) is 11.5 Å². The molecule has 1 unspecified atom stereocenters. The Morgan fingerprint density at radius 1 is 1.31 bits per heavy atom. The second kappa shape index (κ2) is 8.56. The van der Waals surface area contributed by atoms with Gasteiger partial charge in [0.2, 0.25) is 5.91 Å². The fraction of sp³-hybridized carbons (Fsp3) is 0.400. The van der Waals surface area contributed by atoms with Crippen molar-refractivity contribution in [2.75, 3.05) is 32.1 Å². The lowest BCUT2D eigenvalue weighted by molar-refractivity contribution is -0.126. The molecule has 0 saturated heterocycles. The lowest BCUT2D eigenvalue weighted by Crippen LogP contribution is -2.38. The second-order valence-electron chi connectivity index (χ2n) is 6.48. The van der Waals surface area contributed by atoms with Crippen LogP contribution in [0.2, 0.25) is 0 Å². The fourth-order valence-corrected chi connectivity index (χ4v) is 2.90. The first kappa shape index (κ1) is 18.0. The van der Waals surface area contributed by atoms with E-state index >= 15 is 0 Å². The molecule has 2 heterocycles. The maximum absolute atomic E-state index is 12.4. The number of carbonyl (C=O) groups excluding carboxylic acids is 1. The van der Waals surface area contributed by atoms with Crippen LogP contribution < -0.4 is 20.1 Å². The van der Waals surface area contributed by atoms with Gasteiger partial charge in [-0.2, -0.15) is 0 Å². The molecule has 1 atom stereocenters. The summed E-state index contributed by atoms with van der Waals surface area (Å²) >= 11 is 0. The van der Waals surface area contributed by atoms with Crippen LogP contribution in [0.4, 0.5) is 5.82 Å². The van der Waals surface area contributed by atoms with Crippen LogP contribution in [0.25, 0.3) is 0 Å². The van der Waals surface area contributed by atoms with Gasteiger partial charge in [-0.05, 0) is 55.2 Å². The molecule has 1 amide bonds. The number of anilines is 1. The molecule has 1 aliphatic rings. The Labute approximate surface area is 153 Å². The van der Waals surface area contributed by atoms with E-state index in [0.717, 1.165) is 41.4 Å². The number of rotatable bonds is 7. The fourth-order valence-electron chi connectivity index (χ4n) is 2.90.